The van der Waals surface area contributed by atoms with Gasteiger partial charge in [0, 0.05) is 19.6 Å². The van der Waals surface area contributed by atoms with E-state index in [1.54, 1.807) is 4.90 Å². The summed E-state index contributed by atoms with van der Waals surface area (Å²) in [7, 11) is 0. The number of hydrogen-bond acceptors (Lipinski definition) is 8. The van der Waals surface area contributed by atoms with Crippen molar-refractivity contribution < 1.29 is 19.7 Å². The smallest absolute Gasteiger partial charge is 0.254 e. The second-order valence-corrected chi connectivity index (χ2v) is 11.2. The first-order chi connectivity index (χ1) is 19.9. The van der Waals surface area contributed by atoms with Gasteiger partial charge in [0.05, 0.1) is 6.33 Å². The van der Waals surface area contributed by atoms with Gasteiger partial charge >= 0.3 is 0 Å². The fourth-order valence-electron chi connectivity index (χ4n) is 5.77. The van der Waals surface area contributed by atoms with Crippen LogP contribution in [0.5, 0.6) is 0 Å². The number of likely N-dealkylation sites (tertiary alicyclic amines) is 1. The van der Waals surface area contributed by atoms with Crippen molar-refractivity contribution in [1.29, 1.82) is 0 Å². The summed E-state index contributed by atoms with van der Waals surface area (Å²) < 4.78 is 7.50. The number of benzene rings is 2. The van der Waals surface area contributed by atoms with E-state index in [-0.39, 0.29) is 11.2 Å². The molecule has 0 unspecified atom stereocenters. The molecule has 214 valence electrons. The molecule has 10 nitrogen and oxygen atoms in total. The second kappa shape index (κ2) is 11.7. The molecule has 4 aromatic rings. The molecular weight excluding hydrogens is 544 g/mol. The zero-order valence-corrected chi connectivity index (χ0v) is 23.5. The fourth-order valence-corrected chi connectivity index (χ4v) is 5.93. The van der Waals surface area contributed by atoms with Gasteiger partial charge in [0.2, 0.25) is 5.28 Å². The monoisotopic (exact) mass is 576 g/mol. The van der Waals surface area contributed by atoms with E-state index in [4.69, 9.17) is 16.3 Å². The van der Waals surface area contributed by atoms with Crippen molar-refractivity contribution in [3.63, 3.8) is 0 Å². The van der Waals surface area contributed by atoms with Crippen molar-refractivity contribution >= 4 is 34.5 Å². The molecule has 1 amide bonds. The molecule has 0 saturated carbocycles. The number of amides is 1. The fraction of sp³-hybridized carbons (Fsp3) is 0.400. The number of fused-ring (bicyclic) bond motifs is 1. The molecule has 11 heteroatoms. The number of aliphatic hydroxyl groups excluding tert-OH is 2. The summed E-state index contributed by atoms with van der Waals surface area (Å²) in [4.78, 5) is 28.2. The second-order valence-electron chi connectivity index (χ2n) is 10.8. The largest absolute Gasteiger partial charge is 0.387 e. The Labute approximate surface area is 243 Å². The maximum Gasteiger partial charge on any atom is 0.254 e. The molecule has 2 aliphatic rings. The van der Waals surface area contributed by atoms with Crippen molar-refractivity contribution in [3.8, 4) is 0 Å². The quantitative estimate of drug-likeness (QED) is 0.285. The van der Waals surface area contributed by atoms with E-state index in [1.807, 2.05) is 49.4 Å². The number of piperidine rings is 1. The molecular formula is C30H33ClN6O4. The van der Waals surface area contributed by atoms with E-state index < -0.39 is 24.5 Å². The highest BCUT2D eigenvalue weighted by Crippen LogP contribution is 2.34. The molecule has 4 heterocycles. The van der Waals surface area contributed by atoms with Gasteiger partial charge in [0.15, 0.2) is 29.3 Å². The lowest BCUT2D eigenvalue weighted by Crippen LogP contribution is -2.48. The number of carbonyl (C=O) groups excluding carboxylic acids is 1. The van der Waals surface area contributed by atoms with Crippen LogP contribution >= 0.6 is 11.6 Å². The normalized spacial score (nSPS) is 23.3. The van der Waals surface area contributed by atoms with Crippen LogP contribution in [0.25, 0.3) is 11.2 Å². The third-order valence-electron chi connectivity index (χ3n) is 8.15. The number of rotatable bonds is 7. The summed E-state index contributed by atoms with van der Waals surface area (Å²) in [6.07, 6.45) is -0.866. The molecule has 2 aliphatic heterocycles. The van der Waals surface area contributed by atoms with E-state index in [0.29, 0.717) is 42.5 Å². The van der Waals surface area contributed by atoms with Gasteiger partial charge in [-0.25, -0.2) is 4.98 Å². The van der Waals surface area contributed by atoms with Gasteiger partial charge in [0.25, 0.3) is 5.91 Å². The predicted molar refractivity (Wildman–Crippen MR) is 154 cm³/mol. The van der Waals surface area contributed by atoms with Crippen LogP contribution in [0.3, 0.4) is 0 Å². The number of aryl methyl sites for hydroxylation is 1. The minimum absolute atomic E-state index is 0.00873. The van der Waals surface area contributed by atoms with E-state index in [1.165, 1.54) is 16.5 Å². The van der Waals surface area contributed by atoms with Crippen molar-refractivity contribution in [3.05, 3.63) is 82.9 Å². The molecule has 0 radical (unpaired) electrons. The van der Waals surface area contributed by atoms with Crippen LogP contribution in [0.4, 0.5) is 5.82 Å². The van der Waals surface area contributed by atoms with E-state index in [9.17, 15) is 15.0 Å². The number of nitrogens with one attached hydrogen (secondary N) is 1. The topological polar surface area (TPSA) is 126 Å². The molecule has 2 aromatic heterocycles. The van der Waals surface area contributed by atoms with Crippen LogP contribution < -0.4 is 5.32 Å². The highest BCUT2D eigenvalue weighted by atomic mass is 35.5. The lowest BCUT2D eigenvalue weighted by molar-refractivity contribution is -0.150. The number of halogens is 1. The average Bonchev–Trinajstić information content (AvgIpc) is 3.53. The van der Waals surface area contributed by atoms with Crippen LogP contribution in [0.2, 0.25) is 5.28 Å². The Balaban J connectivity index is 1.15. The van der Waals surface area contributed by atoms with E-state index in [0.717, 1.165) is 30.4 Å². The van der Waals surface area contributed by atoms with Crippen LogP contribution in [-0.4, -0.2) is 71.9 Å². The third-order valence-corrected chi connectivity index (χ3v) is 8.32. The summed E-state index contributed by atoms with van der Waals surface area (Å²) in [5.74, 6) is 0.598. The number of anilines is 1. The Morgan fingerprint density at radius 1 is 1.05 bits per heavy atom. The van der Waals surface area contributed by atoms with Crippen LogP contribution in [0.15, 0.2) is 60.9 Å². The molecule has 4 atom stereocenters. The summed E-state index contributed by atoms with van der Waals surface area (Å²) >= 11 is 6.26. The number of hydrogen-bond donors (Lipinski definition) is 3. The highest BCUT2D eigenvalue weighted by molar-refractivity contribution is 6.28. The Bertz CT molecular complexity index is 1520. The summed E-state index contributed by atoms with van der Waals surface area (Å²) in [6, 6.07) is 18.4. The SMILES string of the molecule is Cc1ccccc1CNc1nc(Cl)nc2c1ncn2[C@@H]1O[C@H](C(=O)N2CCC(Cc3ccccc3)CC2)[C@@H](O)[C@H]1O. The number of carbonyl (C=O) groups is 1. The van der Waals surface area contributed by atoms with Gasteiger partial charge in [0.1, 0.15) is 12.2 Å². The maximum absolute atomic E-state index is 13.4. The van der Waals surface area contributed by atoms with Crippen LogP contribution in [-0.2, 0) is 22.5 Å². The Hall–Kier alpha value is -3.57. The summed E-state index contributed by atoms with van der Waals surface area (Å²) in [6.45, 7) is 3.69. The standard InChI is InChI=1S/C30H33ClN6O4/c1-18-7-5-6-10-21(18)16-32-26-22-27(35-30(31)34-26)37(17-33-22)29-24(39)23(38)25(41-29)28(40)36-13-11-20(12-14-36)15-19-8-3-2-4-9-19/h2-10,17,20,23-25,29,38-39H,11-16H2,1H3,(H,32,34,35)/t23-,24+,25-,29+/m0/s1. The molecule has 0 aliphatic carbocycles. The van der Waals surface area contributed by atoms with Gasteiger partial charge < -0.3 is 25.2 Å². The van der Waals surface area contributed by atoms with Gasteiger partial charge in [-0.1, -0.05) is 54.6 Å². The molecule has 6 rings (SSSR count). The minimum Gasteiger partial charge on any atom is -0.387 e. The van der Waals surface area contributed by atoms with Gasteiger partial charge in [-0.15, -0.1) is 0 Å². The van der Waals surface area contributed by atoms with Crippen molar-refractivity contribution in [2.24, 2.45) is 5.92 Å². The van der Waals surface area contributed by atoms with Crippen LogP contribution in [0.1, 0.15) is 35.8 Å². The maximum atomic E-state index is 13.4. The Morgan fingerprint density at radius 2 is 1.78 bits per heavy atom. The van der Waals surface area contributed by atoms with E-state index >= 15 is 0 Å². The van der Waals surface area contributed by atoms with E-state index in [2.05, 4.69) is 32.4 Å². The number of nitrogens with zero attached hydrogens (tertiary/aromatic N) is 5. The first-order valence-electron chi connectivity index (χ1n) is 13.9. The zero-order valence-electron chi connectivity index (χ0n) is 22.7. The predicted octanol–water partition coefficient (Wildman–Crippen LogP) is 3.50. The zero-order chi connectivity index (χ0) is 28.5. The first-order valence-corrected chi connectivity index (χ1v) is 14.3. The van der Waals surface area contributed by atoms with Crippen molar-refractivity contribution in [2.75, 3.05) is 18.4 Å². The Morgan fingerprint density at radius 3 is 2.54 bits per heavy atom. The number of imidazole rings is 1. The molecule has 3 N–H and O–H groups in total. The highest BCUT2D eigenvalue weighted by Gasteiger charge is 2.49. The molecule has 2 saturated heterocycles. The number of ether oxygens (including phenoxy) is 1. The molecule has 2 fully saturated rings. The summed E-state index contributed by atoms with van der Waals surface area (Å²) in [5, 5.41) is 25.1. The Kier molecular flexibility index (Phi) is 7.90. The molecule has 0 bridgehead atoms. The molecule has 41 heavy (non-hydrogen) atoms. The number of aliphatic hydroxyl groups is 2. The average molecular weight is 577 g/mol. The molecule has 2 aromatic carbocycles. The van der Waals surface area contributed by atoms with Crippen molar-refractivity contribution in [1.82, 2.24) is 24.4 Å². The van der Waals surface area contributed by atoms with Gasteiger partial charge in [-0.2, -0.15) is 9.97 Å². The van der Waals surface area contributed by atoms with Gasteiger partial charge in [-0.05, 0) is 60.4 Å². The summed E-state index contributed by atoms with van der Waals surface area (Å²) in [5.41, 5.74) is 4.28. The third kappa shape index (κ3) is 5.65. The van der Waals surface area contributed by atoms with Crippen molar-refractivity contribution in [2.45, 2.75) is 57.3 Å². The molecule has 0 spiro atoms. The minimum atomic E-state index is -1.40. The van der Waals surface area contributed by atoms with Crippen LogP contribution in [0, 0.1) is 12.8 Å². The first kappa shape index (κ1) is 27.6. The lowest BCUT2D eigenvalue weighted by atomic mass is 9.90. The lowest BCUT2D eigenvalue weighted by Gasteiger charge is -2.34. The van der Waals surface area contributed by atoms with Gasteiger partial charge in [-0.3, -0.25) is 9.36 Å². The number of aromatic nitrogens is 4.